The number of nitrogens with zero attached hydrogens (tertiary/aromatic N) is 2. The first kappa shape index (κ1) is 33.8. The zero-order valence-electron chi connectivity index (χ0n) is 28.5. The average molecular weight is 638 g/mol. The summed E-state index contributed by atoms with van der Waals surface area (Å²) in [6.45, 7) is 13.8. The highest BCUT2D eigenvalue weighted by molar-refractivity contribution is 5.97. The van der Waals surface area contributed by atoms with E-state index in [4.69, 9.17) is 9.47 Å². The minimum absolute atomic E-state index is 0.0715. The Morgan fingerprint density at radius 2 is 1.49 bits per heavy atom. The Bertz CT molecular complexity index is 1620. The molecule has 1 N–H and O–H groups in total. The molecule has 0 spiro atoms. The molecular weight excluding hydrogens is 590 g/mol. The van der Waals surface area contributed by atoms with E-state index in [1.54, 1.807) is 11.0 Å². The second-order valence-electron chi connectivity index (χ2n) is 14.4. The Balaban J connectivity index is 1.29. The van der Waals surface area contributed by atoms with Gasteiger partial charge in [0.15, 0.2) is 5.78 Å². The number of carbonyl (C=O) groups is 3. The van der Waals surface area contributed by atoms with E-state index in [1.807, 2.05) is 96.1 Å². The maximum absolute atomic E-state index is 13.3. The number of hydrogen-bond acceptors (Lipinski definition) is 6. The summed E-state index contributed by atoms with van der Waals surface area (Å²) in [7, 11) is 0. The number of rotatable bonds is 8. The topological polar surface area (TPSA) is 88.2 Å². The van der Waals surface area contributed by atoms with Gasteiger partial charge in [0.25, 0.3) is 0 Å². The number of amides is 2. The maximum atomic E-state index is 13.3. The number of benzene rings is 3. The van der Waals surface area contributed by atoms with E-state index < -0.39 is 17.3 Å². The van der Waals surface area contributed by atoms with Crippen molar-refractivity contribution < 1.29 is 23.9 Å². The number of ketones is 1. The van der Waals surface area contributed by atoms with E-state index in [2.05, 4.69) is 28.4 Å². The maximum Gasteiger partial charge on any atom is 0.412 e. The Morgan fingerprint density at radius 3 is 2.13 bits per heavy atom. The van der Waals surface area contributed by atoms with Gasteiger partial charge < -0.3 is 19.3 Å². The van der Waals surface area contributed by atoms with Crippen LogP contribution >= 0.6 is 0 Å². The lowest BCUT2D eigenvalue weighted by molar-refractivity contribution is -0.113. The average Bonchev–Trinajstić information content (AvgIpc) is 3.85. The molecule has 2 fully saturated rings. The van der Waals surface area contributed by atoms with Crippen LogP contribution in [0.15, 0.2) is 72.8 Å². The van der Waals surface area contributed by atoms with Crippen LogP contribution in [-0.4, -0.2) is 60.3 Å². The first-order valence-electron chi connectivity index (χ1n) is 16.5. The van der Waals surface area contributed by atoms with Crippen LogP contribution < -0.4 is 10.2 Å². The molecule has 248 valence electrons. The molecule has 0 unspecified atom stereocenters. The molecule has 1 heterocycles. The normalized spacial score (nSPS) is 15.4. The number of piperazine rings is 1. The molecule has 47 heavy (non-hydrogen) atoms. The highest BCUT2D eigenvalue weighted by Crippen LogP contribution is 2.45. The number of allylic oxidation sites excluding steroid dienone is 1. The molecule has 3 aromatic carbocycles. The van der Waals surface area contributed by atoms with Gasteiger partial charge in [0, 0.05) is 44.0 Å². The van der Waals surface area contributed by atoms with Crippen LogP contribution in [0, 0.1) is 0 Å². The summed E-state index contributed by atoms with van der Waals surface area (Å²) in [4.78, 5) is 42.6. The molecule has 1 aliphatic carbocycles. The zero-order valence-corrected chi connectivity index (χ0v) is 28.5. The summed E-state index contributed by atoms with van der Waals surface area (Å²) >= 11 is 0. The van der Waals surface area contributed by atoms with Crippen LogP contribution in [0.2, 0.25) is 0 Å². The minimum atomic E-state index is -0.643. The van der Waals surface area contributed by atoms with Crippen LogP contribution in [0.3, 0.4) is 0 Å². The van der Waals surface area contributed by atoms with Gasteiger partial charge in [-0.3, -0.25) is 10.1 Å². The number of anilines is 2. The summed E-state index contributed by atoms with van der Waals surface area (Å²) in [6, 6.07) is 22.1. The second kappa shape index (κ2) is 14.0. The summed E-state index contributed by atoms with van der Waals surface area (Å²) < 4.78 is 11.0. The Hall–Kier alpha value is -4.59. The van der Waals surface area contributed by atoms with Crippen molar-refractivity contribution in [3.05, 3.63) is 89.5 Å². The number of hydrogen-bond donors (Lipinski definition) is 1. The molecule has 0 aromatic heterocycles. The molecule has 8 nitrogen and oxygen atoms in total. The molecule has 2 aliphatic rings. The highest BCUT2D eigenvalue weighted by atomic mass is 16.6. The number of carbonyl (C=O) groups excluding carboxylic acids is 3. The van der Waals surface area contributed by atoms with E-state index in [0.29, 0.717) is 30.3 Å². The van der Waals surface area contributed by atoms with Gasteiger partial charge in [-0.05, 0) is 118 Å². The predicted molar refractivity (Wildman–Crippen MR) is 188 cm³/mol. The van der Waals surface area contributed by atoms with Crippen molar-refractivity contribution in [2.75, 3.05) is 36.4 Å². The van der Waals surface area contributed by atoms with Crippen molar-refractivity contribution in [3.8, 4) is 11.1 Å². The molecule has 0 atom stereocenters. The Labute approximate surface area is 278 Å². The molecule has 2 amide bonds. The summed E-state index contributed by atoms with van der Waals surface area (Å²) in [6.07, 6.45) is 5.11. The smallest absolute Gasteiger partial charge is 0.412 e. The van der Waals surface area contributed by atoms with Gasteiger partial charge in [0.2, 0.25) is 0 Å². The first-order chi connectivity index (χ1) is 22.2. The van der Waals surface area contributed by atoms with E-state index in [-0.39, 0.29) is 18.3 Å². The van der Waals surface area contributed by atoms with Gasteiger partial charge in [0.1, 0.15) is 11.2 Å². The fourth-order valence-corrected chi connectivity index (χ4v) is 5.66. The van der Waals surface area contributed by atoms with Crippen LogP contribution in [0.1, 0.15) is 77.0 Å². The standard InChI is InChI=1S/C39H47N3O5/c1-38(2,3)46-36(44)40-34-18-16-30(28-10-8-7-9-11-28)25-31(34)26-32(43)17-12-27-13-19-35(33(24-27)29-14-15-29)41-20-22-42(23-21-41)37(45)47-39(4,5)6/h7-13,16-19,24-25,29H,14-15,20-23,26H2,1-6H3,(H,40,44)/b17-12+. The van der Waals surface area contributed by atoms with Gasteiger partial charge in [0.05, 0.1) is 0 Å². The van der Waals surface area contributed by atoms with Crippen molar-refractivity contribution in [3.63, 3.8) is 0 Å². The van der Waals surface area contributed by atoms with Crippen LogP contribution in [0.5, 0.6) is 0 Å². The van der Waals surface area contributed by atoms with Crippen molar-refractivity contribution in [2.45, 2.75) is 77.9 Å². The molecule has 0 radical (unpaired) electrons. The third-order valence-electron chi connectivity index (χ3n) is 8.02. The summed E-state index contributed by atoms with van der Waals surface area (Å²) in [5, 5.41) is 2.84. The lowest BCUT2D eigenvalue weighted by Gasteiger charge is -2.37. The van der Waals surface area contributed by atoms with Crippen LogP contribution in [0.25, 0.3) is 17.2 Å². The van der Waals surface area contributed by atoms with Gasteiger partial charge >= 0.3 is 12.2 Å². The summed E-state index contributed by atoms with van der Waals surface area (Å²) in [5.41, 5.74) is 5.57. The molecule has 3 aromatic rings. The Morgan fingerprint density at radius 1 is 0.809 bits per heavy atom. The van der Waals surface area contributed by atoms with Gasteiger partial charge in [-0.1, -0.05) is 48.5 Å². The fourth-order valence-electron chi connectivity index (χ4n) is 5.66. The molecule has 1 aliphatic heterocycles. The third kappa shape index (κ3) is 9.70. The van der Waals surface area contributed by atoms with E-state index in [1.165, 1.54) is 11.3 Å². The molecule has 5 rings (SSSR count). The molecular formula is C39H47N3O5. The van der Waals surface area contributed by atoms with Crippen molar-refractivity contribution >= 4 is 35.4 Å². The molecule has 8 heteroatoms. The van der Waals surface area contributed by atoms with Gasteiger partial charge in [-0.25, -0.2) is 9.59 Å². The van der Waals surface area contributed by atoms with E-state index >= 15 is 0 Å². The lowest BCUT2D eigenvalue weighted by atomic mass is 9.98. The number of ether oxygens (including phenoxy) is 2. The van der Waals surface area contributed by atoms with Crippen LogP contribution in [0.4, 0.5) is 21.0 Å². The Kier molecular flexibility index (Phi) is 10.1. The monoisotopic (exact) mass is 637 g/mol. The number of nitrogens with one attached hydrogen (secondary N) is 1. The summed E-state index contributed by atoms with van der Waals surface area (Å²) in [5.74, 6) is 0.443. The zero-order chi connectivity index (χ0) is 33.8. The lowest BCUT2D eigenvalue weighted by Crippen LogP contribution is -2.50. The second-order valence-corrected chi connectivity index (χ2v) is 14.4. The first-order valence-corrected chi connectivity index (χ1v) is 16.5. The van der Waals surface area contributed by atoms with E-state index in [0.717, 1.165) is 42.6 Å². The quantitative estimate of drug-likeness (QED) is 0.249. The molecule has 1 saturated heterocycles. The molecule has 1 saturated carbocycles. The van der Waals surface area contributed by atoms with Crippen molar-refractivity contribution in [1.82, 2.24) is 4.90 Å². The predicted octanol–water partition coefficient (Wildman–Crippen LogP) is 8.46. The molecule has 0 bridgehead atoms. The van der Waals surface area contributed by atoms with Crippen molar-refractivity contribution in [1.29, 1.82) is 0 Å². The SMILES string of the molecule is CC(C)(C)OC(=O)Nc1ccc(-c2ccccc2)cc1CC(=O)/C=C/c1ccc(N2CCN(C(=O)OC(C)(C)C)CC2)c(C2CC2)c1. The van der Waals surface area contributed by atoms with Gasteiger partial charge in [-0.15, -0.1) is 0 Å². The minimum Gasteiger partial charge on any atom is -0.444 e. The fraction of sp³-hybridized carbons (Fsp3) is 0.410. The van der Waals surface area contributed by atoms with Crippen LogP contribution in [-0.2, 0) is 20.7 Å². The highest BCUT2D eigenvalue weighted by Gasteiger charge is 2.31. The largest absolute Gasteiger partial charge is 0.444 e. The third-order valence-corrected chi connectivity index (χ3v) is 8.02. The van der Waals surface area contributed by atoms with Gasteiger partial charge in [-0.2, -0.15) is 0 Å². The van der Waals surface area contributed by atoms with Crippen molar-refractivity contribution in [2.24, 2.45) is 0 Å². The van der Waals surface area contributed by atoms with E-state index in [9.17, 15) is 14.4 Å².